The van der Waals surface area contributed by atoms with E-state index in [9.17, 15) is 0 Å². The van der Waals surface area contributed by atoms with Crippen molar-refractivity contribution in [2.24, 2.45) is 0 Å². The number of para-hydroxylation sites is 1. The van der Waals surface area contributed by atoms with Crippen molar-refractivity contribution in [2.45, 2.75) is 13.3 Å². The third kappa shape index (κ3) is 1.58. The summed E-state index contributed by atoms with van der Waals surface area (Å²) in [6.45, 7) is 2.06. The topological polar surface area (TPSA) is 13.1 Å². The fraction of sp³-hybridized carbons (Fsp3) is 0.200. The average Bonchev–Trinajstić information content (AvgIpc) is 2.46. The van der Waals surface area contributed by atoms with E-state index >= 15 is 0 Å². The van der Waals surface area contributed by atoms with Gasteiger partial charge in [0.15, 0.2) is 0 Å². The molecule has 0 radical (unpaired) electrons. The number of benzene rings is 1. The largest absolute Gasteiger partial charge is 1.00 e. The maximum absolute atomic E-state index is 5.46. The monoisotopic (exact) mass is 152 g/mol. The van der Waals surface area contributed by atoms with E-state index in [1.54, 1.807) is 0 Å². The second-order valence-corrected chi connectivity index (χ2v) is 2.50. The zero-order valence-electron chi connectivity index (χ0n) is 7.42. The van der Waals surface area contributed by atoms with Crippen molar-refractivity contribution >= 4 is 11.0 Å². The number of hydrogen-bond acceptors (Lipinski definition) is 1. The molecule has 0 bridgehead atoms. The Morgan fingerprint density at radius 1 is 1.33 bits per heavy atom. The molecule has 0 N–H and O–H groups in total. The Hall–Kier alpha value is -0.643. The van der Waals surface area contributed by atoms with E-state index in [0.29, 0.717) is 0 Å². The molecule has 1 aromatic heterocycles. The summed E-state index contributed by atoms with van der Waals surface area (Å²) >= 11 is 0. The normalized spacial score (nSPS) is 9.75. The van der Waals surface area contributed by atoms with E-state index in [4.69, 9.17) is 4.42 Å². The van der Waals surface area contributed by atoms with Crippen molar-refractivity contribution in [3.8, 4) is 0 Å². The summed E-state index contributed by atoms with van der Waals surface area (Å²) in [4.78, 5) is 0. The number of fused-ring (bicyclic) bond motifs is 1. The summed E-state index contributed by atoms with van der Waals surface area (Å²) in [5, 5.41) is 1.07. The molecular weight excluding hydrogens is 143 g/mol. The summed E-state index contributed by atoms with van der Waals surface area (Å²) in [5.41, 5.74) is 0.935. The van der Waals surface area contributed by atoms with Gasteiger partial charge in [0.1, 0.15) is 0 Å². The minimum Gasteiger partial charge on any atom is -0.532 e. The molecule has 2 heteroatoms. The molecule has 0 saturated carbocycles. The molecule has 0 aliphatic carbocycles. The Bertz CT molecular complexity index is 332. The van der Waals surface area contributed by atoms with Crippen LogP contribution in [-0.2, 0) is 6.42 Å². The van der Waals surface area contributed by atoms with Gasteiger partial charge in [0.2, 0.25) is 0 Å². The van der Waals surface area contributed by atoms with Crippen LogP contribution in [0.4, 0.5) is 0 Å². The maximum Gasteiger partial charge on any atom is 1.00 e. The van der Waals surface area contributed by atoms with E-state index in [1.165, 1.54) is 0 Å². The van der Waals surface area contributed by atoms with Gasteiger partial charge in [-0.2, -0.15) is 6.07 Å². The quantitative estimate of drug-likeness (QED) is 0.407. The van der Waals surface area contributed by atoms with E-state index in [1.807, 2.05) is 24.3 Å². The van der Waals surface area contributed by atoms with Crippen molar-refractivity contribution in [1.29, 1.82) is 0 Å². The predicted octanol–water partition coefficient (Wildman–Crippen LogP) is -0.201. The molecule has 2 aromatic rings. The Morgan fingerprint density at radius 2 is 2.08 bits per heavy atom. The van der Waals surface area contributed by atoms with Gasteiger partial charge < -0.3 is 4.42 Å². The summed E-state index contributed by atoms with van der Waals surface area (Å²) in [5.74, 6) is 0.936. The second kappa shape index (κ2) is 3.85. The van der Waals surface area contributed by atoms with Crippen LogP contribution in [0.2, 0.25) is 0 Å². The predicted molar refractivity (Wildman–Crippen MR) is 44.4 cm³/mol. The Morgan fingerprint density at radius 3 is 2.75 bits per heavy atom. The minimum absolute atomic E-state index is 0. The van der Waals surface area contributed by atoms with Crippen molar-refractivity contribution < 1.29 is 23.3 Å². The minimum atomic E-state index is 0. The van der Waals surface area contributed by atoms with Crippen LogP contribution in [0, 0.1) is 6.07 Å². The molecule has 0 amide bonds. The molecule has 2 rings (SSSR count). The standard InChI is InChI=1S/C10H9O.Li/c1-2-9-7-8-5-3-4-6-10(8)11-9;/h3-6H,2H2,1H3;/q-1;+1. The SMILES string of the molecule is CCc1[c-]c2ccccc2o1.[Li+]. The van der Waals surface area contributed by atoms with Crippen molar-refractivity contribution in [3.63, 3.8) is 0 Å². The number of aryl methyl sites for hydroxylation is 1. The van der Waals surface area contributed by atoms with Gasteiger partial charge in [-0.05, 0) is 6.42 Å². The van der Waals surface area contributed by atoms with Gasteiger partial charge in [-0.15, -0.1) is 17.5 Å². The third-order valence-corrected chi connectivity index (χ3v) is 1.72. The first-order valence-electron chi connectivity index (χ1n) is 3.80. The van der Waals surface area contributed by atoms with Crippen molar-refractivity contribution in [3.05, 3.63) is 36.1 Å². The Kier molecular flexibility index (Phi) is 3.03. The molecule has 0 unspecified atom stereocenters. The zero-order valence-corrected chi connectivity index (χ0v) is 7.42. The molecule has 0 aliphatic heterocycles. The third-order valence-electron chi connectivity index (χ3n) is 1.72. The van der Waals surface area contributed by atoms with Gasteiger partial charge >= 0.3 is 18.9 Å². The molecule has 0 aliphatic rings. The van der Waals surface area contributed by atoms with Crippen LogP contribution in [0.5, 0.6) is 0 Å². The molecule has 0 fully saturated rings. The molecule has 12 heavy (non-hydrogen) atoms. The summed E-state index contributed by atoms with van der Waals surface area (Å²) in [6.07, 6.45) is 0.911. The smallest absolute Gasteiger partial charge is 0.532 e. The Labute approximate surface area is 83.9 Å². The van der Waals surface area contributed by atoms with E-state index in [0.717, 1.165) is 23.2 Å². The van der Waals surface area contributed by atoms with Gasteiger partial charge in [-0.1, -0.05) is 19.1 Å². The van der Waals surface area contributed by atoms with E-state index in [-0.39, 0.29) is 18.9 Å². The maximum atomic E-state index is 5.46. The second-order valence-electron chi connectivity index (χ2n) is 2.50. The van der Waals surface area contributed by atoms with E-state index < -0.39 is 0 Å². The number of rotatable bonds is 1. The molecule has 0 spiro atoms. The summed E-state index contributed by atoms with van der Waals surface area (Å²) in [6, 6.07) is 11.1. The van der Waals surface area contributed by atoms with Gasteiger partial charge in [-0.3, -0.25) is 0 Å². The number of hydrogen-bond donors (Lipinski definition) is 0. The molecule has 56 valence electrons. The van der Waals surface area contributed by atoms with Crippen LogP contribution >= 0.6 is 0 Å². The zero-order chi connectivity index (χ0) is 7.68. The average molecular weight is 152 g/mol. The van der Waals surface area contributed by atoms with Gasteiger partial charge in [-0.25, -0.2) is 0 Å². The molecular formula is C10H9LiO. The van der Waals surface area contributed by atoms with Crippen LogP contribution in [-0.4, -0.2) is 0 Å². The van der Waals surface area contributed by atoms with Gasteiger partial charge in [0.25, 0.3) is 0 Å². The summed E-state index contributed by atoms with van der Waals surface area (Å²) < 4.78 is 5.46. The van der Waals surface area contributed by atoms with Crippen LogP contribution in [0.3, 0.4) is 0 Å². The van der Waals surface area contributed by atoms with Gasteiger partial charge in [0, 0.05) is 11.3 Å². The van der Waals surface area contributed by atoms with Gasteiger partial charge in [0.05, 0.1) is 0 Å². The number of furan rings is 1. The summed E-state index contributed by atoms with van der Waals surface area (Å²) in [7, 11) is 0. The van der Waals surface area contributed by atoms with Crippen molar-refractivity contribution in [1.82, 2.24) is 0 Å². The van der Waals surface area contributed by atoms with Crippen LogP contribution < -0.4 is 18.9 Å². The first-order valence-corrected chi connectivity index (χ1v) is 3.80. The first kappa shape index (κ1) is 9.45. The van der Waals surface area contributed by atoms with E-state index in [2.05, 4.69) is 13.0 Å². The first-order chi connectivity index (χ1) is 5.40. The molecule has 1 aromatic carbocycles. The van der Waals surface area contributed by atoms with Crippen LogP contribution in [0.15, 0.2) is 28.7 Å². The molecule has 1 heterocycles. The fourth-order valence-electron chi connectivity index (χ4n) is 1.13. The molecule has 0 saturated heterocycles. The molecule has 1 nitrogen and oxygen atoms in total. The molecule has 0 atom stereocenters. The Balaban J connectivity index is 0.000000720. The van der Waals surface area contributed by atoms with Crippen LogP contribution in [0.25, 0.3) is 11.0 Å². The van der Waals surface area contributed by atoms with Crippen LogP contribution in [0.1, 0.15) is 12.7 Å². The van der Waals surface area contributed by atoms with Crippen molar-refractivity contribution in [2.75, 3.05) is 0 Å². The fourth-order valence-corrected chi connectivity index (χ4v) is 1.13.